The molecule has 11 heteroatoms. The van der Waals surface area contributed by atoms with E-state index in [2.05, 4.69) is 30.8 Å². The summed E-state index contributed by atoms with van der Waals surface area (Å²) in [5.74, 6) is 1.82. The molecule has 0 aromatic carbocycles. The van der Waals surface area contributed by atoms with Crippen molar-refractivity contribution in [2.45, 2.75) is 50.4 Å². The van der Waals surface area contributed by atoms with E-state index in [0.717, 1.165) is 25.7 Å². The van der Waals surface area contributed by atoms with Gasteiger partial charge in [0.2, 0.25) is 11.8 Å². The van der Waals surface area contributed by atoms with Crippen LogP contribution in [0.5, 0.6) is 5.88 Å². The van der Waals surface area contributed by atoms with Crippen molar-refractivity contribution in [1.82, 2.24) is 25.1 Å². The number of nitrogens with one attached hydrogen (secondary N) is 3. The van der Waals surface area contributed by atoms with Crippen LogP contribution in [0.3, 0.4) is 0 Å². The van der Waals surface area contributed by atoms with Crippen LogP contribution in [-0.2, 0) is 6.61 Å². The second-order valence-corrected chi connectivity index (χ2v) is 7.07. The van der Waals surface area contributed by atoms with Gasteiger partial charge in [0.1, 0.15) is 5.82 Å². The number of aromatic amines is 1. The van der Waals surface area contributed by atoms with Crippen LogP contribution in [0.25, 0.3) is 0 Å². The zero-order chi connectivity index (χ0) is 19.7. The molecule has 0 saturated carbocycles. The van der Waals surface area contributed by atoms with Gasteiger partial charge in [-0.1, -0.05) is 0 Å². The number of amides is 1. The van der Waals surface area contributed by atoms with Gasteiger partial charge in [-0.2, -0.15) is 15.1 Å². The summed E-state index contributed by atoms with van der Waals surface area (Å²) < 4.78 is 5.27. The second kappa shape index (κ2) is 7.50. The Morgan fingerprint density at radius 2 is 2.04 bits per heavy atom. The maximum absolute atomic E-state index is 11.4. The maximum atomic E-state index is 11.4. The van der Waals surface area contributed by atoms with Crippen LogP contribution in [0.2, 0.25) is 0 Å². The summed E-state index contributed by atoms with van der Waals surface area (Å²) in [5, 5.41) is 31.7. The third kappa shape index (κ3) is 3.65. The molecule has 2 saturated heterocycles. The largest absolute Gasteiger partial charge is 0.481 e. The zero-order valence-corrected chi connectivity index (χ0v) is 15.4. The molecule has 3 atom stereocenters. The summed E-state index contributed by atoms with van der Waals surface area (Å²) in [4.78, 5) is 21.9. The van der Waals surface area contributed by atoms with Gasteiger partial charge < -0.3 is 30.5 Å². The summed E-state index contributed by atoms with van der Waals surface area (Å²) in [6.07, 6.45) is 2.41. The third-order valence-corrected chi connectivity index (χ3v) is 5.26. The highest BCUT2D eigenvalue weighted by molar-refractivity contribution is 5.66. The molecule has 2 aliphatic heterocycles. The number of aromatic nitrogens is 4. The van der Waals surface area contributed by atoms with Crippen molar-refractivity contribution in [3.63, 3.8) is 0 Å². The molecule has 2 bridgehead atoms. The molecule has 28 heavy (non-hydrogen) atoms. The molecule has 2 aliphatic rings. The molecule has 11 nitrogen and oxygen atoms in total. The lowest BCUT2D eigenvalue weighted by Crippen LogP contribution is -2.49. The van der Waals surface area contributed by atoms with Gasteiger partial charge in [0, 0.05) is 30.3 Å². The van der Waals surface area contributed by atoms with Crippen molar-refractivity contribution in [2.75, 3.05) is 17.7 Å². The zero-order valence-electron chi connectivity index (χ0n) is 15.4. The molecule has 2 aromatic heterocycles. The van der Waals surface area contributed by atoms with E-state index in [9.17, 15) is 9.90 Å². The first-order chi connectivity index (χ1) is 13.6. The first-order valence-corrected chi connectivity index (χ1v) is 9.18. The fourth-order valence-electron chi connectivity index (χ4n) is 4.09. The van der Waals surface area contributed by atoms with E-state index in [1.807, 2.05) is 0 Å². The number of hydrogen-bond acceptors (Lipinski definition) is 8. The highest BCUT2D eigenvalue weighted by Gasteiger charge is 2.43. The van der Waals surface area contributed by atoms with Crippen molar-refractivity contribution >= 4 is 23.7 Å². The number of carboxylic acid groups (broad SMARTS) is 1. The van der Waals surface area contributed by atoms with E-state index in [4.69, 9.17) is 9.84 Å². The van der Waals surface area contributed by atoms with E-state index in [1.165, 1.54) is 7.11 Å². The van der Waals surface area contributed by atoms with E-state index in [-0.39, 0.29) is 24.7 Å². The minimum Gasteiger partial charge on any atom is -0.481 e. The Balaban J connectivity index is 1.48. The average Bonchev–Trinajstić information content (AvgIpc) is 3.23. The minimum absolute atomic E-state index is 0.0397. The Hall–Kier alpha value is -3.08. The topological polar surface area (TPSA) is 149 Å². The lowest BCUT2D eigenvalue weighted by molar-refractivity contribution is 0.0993. The summed E-state index contributed by atoms with van der Waals surface area (Å²) in [6, 6.07) is 3.51. The molecule has 4 rings (SSSR count). The number of hydrogen-bond donors (Lipinski definition) is 5. The molecule has 150 valence electrons. The molecule has 2 aromatic rings. The molecule has 5 N–H and O–H groups in total. The highest BCUT2D eigenvalue weighted by atomic mass is 16.5. The molecule has 0 spiro atoms. The summed E-state index contributed by atoms with van der Waals surface area (Å²) in [5.41, 5.74) is 0.586. The fourth-order valence-corrected chi connectivity index (χ4v) is 4.09. The molecule has 1 amide bonds. The normalized spacial score (nSPS) is 23.5. The monoisotopic (exact) mass is 389 g/mol. The number of H-pyrrole nitrogens is 1. The van der Waals surface area contributed by atoms with E-state index >= 15 is 0 Å². The lowest BCUT2D eigenvalue weighted by atomic mass is 9.98. The SMILES string of the molecule is COc1cc(Nc2cc(CO)[nH]n2)nc(N[C@@H]2C[C@H]3CC[C@@H](C2)N3C(=O)O)n1. The van der Waals surface area contributed by atoms with E-state index < -0.39 is 6.09 Å². The second-order valence-electron chi connectivity index (χ2n) is 7.07. The summed E-state index contributed by atoms with van der Waals surface area (Å²) in [6.45, 7) is -0.133. The Morgan fingerprint density at radius 3 is 2.64 bits per heavy atom. The number of methoxy groups -OCH3 is 1. The quantitative estimate of drug-likeness (QED) is 0.496. The number of carbonyl (C=O) groups is 1. The van der Waals surface area contributed by atoms with Crippen molar-refractivity contribution in [2.24, 2.45) is 0 Å². The van der Waals surface area contributed by atoms with Gasteiger partial charge in [-0.3, -0.25) is 5.10 Å². The Morgan fingerprint density at radius 1 is 1.29 bits per heavy atom. The number of nitrogens with zero attached hydrogens (tertiary/aromatic N) is 4. The molecular weight excluding hydrogens is 366 g/mol. The number of ether oxygens (including phenoxy) is 1. The smallest absolute Gasteiger partial charge is 0.407 e. The molecule has 4 heterocycles. The van der Waals surface area contributed by atoms with Gasteiger partial charge in [-0.25, -0.2) is 4.79 Å². The van der Waals surface area contributed by atoms with Gasteiger partial charge >= 0.3 is 6.09 Å². The van der Waals surface area contributed by atoms with Crippen molar-refractivity contribution in [3.05, 3.63) is 17.8 Å². The number of anilines is 3. The standard InChI is InChI=1S/C17H23N7O4/c1-28-15-7-13(19-14-6-10(8-25)22-23-14)20-16(21-15)18-9-4-11-2-3-12(5-9)24(11)17(26)27/h6-7,9,11-12,25H,2-5,8H2,1H3,(H,26,27)(H3,18,19,20,21,22,23)/t9-,11-,12+. The lowest BCUT2D eigenvalue weighted by Gasteiger charge is -2.37. The van der Waals surface area contributed by atoms with Gasteiger partial charge in [-0.05, 0) is 25.7 Å². The van der Waals surface area contributed by atoms with E-state index in [1.54, 1.807) is 17.0 Å². The minimum atomic E-state index is -0.837. The van der Waals surface area contributed by atoms with Gasteiger partial charge in [-0.15, -0.1) is 0 Å². The predicted molar refractivity (Wildman–Crippen MR) is 99.7 cm³/mol. The Kier molecular flexibility index (Phi) is 4.90. The number of fused-ring (bicyclic) bond motifs is 2. The van der Waals surface area contributed by atoms with Crippen LogP contribution in [-0.4, -0.2) is 66.6 Å². The van der Waals surface area contributed by atoms with Crippen molar-refractivity contribution in [3.8, 4) is 5.88 Å². The first kappa shape index (κ1) is 18.3. The van der Waals surface area contributed by atoms with Crippen molar-refractivity contribution < 1.29 is 19.7 Å². The number of aliphatic hydroxyl groups excluding tert-OH is 1. The fraction of sp³-hybridized carbons (Fsp3) is 0.529. The van der Waals surface area contributed by atoms with Crippen LogP contribution >= 0.6 is 0 Å². The number of piperidine rings is 1. The summed E-state index contributed by atoms with van der Waals surface area (Å²) >= 11 is 0. The first-order valence-electron chi connectivity index (χ1n) is 9.18. The molecule has 2 fully saturated rings. The van der Waals surface area contributed by atoms with Crippen molar-refractivity contribution in [1.29, 1.82) is 0 Å². The average molecular weight is 389 g/mol. The van der Waals surface area contributed by atoms with Crippen LogP contribution < -0.4 is 15.4 Å². The van der Waals surface area contributed by atoms with Gasteiger partial charge in [0.15, 0.2) is 5.82 Å². The van der Waals surface area contributed by atoms with Gasteiger partial charge in [0.25, 0.3) is 0 Å². The molecule has 0 unspecified atom stereocenters. The summed E-state index contributed by atoms with van der Waals surface area (Å²) in [7, 11) is 1.53. The molecular formula is C17H23N7O4. The van der Waals surface area contributed by atoms with Crippen LogP contribution in [0.4, 0.5) is 22.4 Å². The van der Waals surface area contributed by atoms with Crippen LogP contribution in [0.1, 0.15) is 31.4 Å². The molecule has 0 radical (unpaired) electrons. The Bertz CT molecular complexity index is 844. The van der Waals surface area contributed by atoms with Gasteiger partial charge in [0.05, 0.1) is 19.4 Å². The number of rotatable bonds is 6. The molecule has 0 aliphatic carbocycles. The third-order valence-electron chi connectivity index (χ3n) is 5.26. The number of aliphatic hydroxyl groups is 1. The van der Waals surface area contributed by atoms with E-state index in [0.29, 0.717) is 29.2 Å². The Labute approximate surface area is 161 Å². The maximum Gasteiger partial charge on any atom is 0.407 e. The van der Waals surface area contributed by atoms with Crippen LogP contribution in [0, 0.1) is 0 Å². The van der Waals surface area contributed by atoms with Crippen LogP contribution in [0.15, 0.2) is 12.1 Å². The predicted octanol–water partition coefficient (Wildman–Crippen LogP) is 1.53. The highest BCUT2D eigenvalue weighted by Crippen LogP contribution is 2.36.